The number of likely N-dealkylation sites (tertiary alicyclic amines) is 1. The van der Waals surface area contributed by atoms with Gasteiger partial charge in [-0.3, -0.25) is 9.59 Å². The van der Waals surface area contributed by atoms with Gasteiger partial charge >= 0.3 is 6.18 Å². The fourth-order valence-corrected chi connectivity index (χ4v) is 7.81. The second-order valence-corrected chi connectivity index (χ2v) is 14.0. The number of methoxy groups -OCH3 is 1. The highest BCUT2D eigenvalue weighted by molar-refractivity contribution is 6.07. The van der Waals surface area contributed by atoms with Crippen molar-refractivity contribution in [1.29, 1.82) is 0 Å². The normalized spacial score (nSPS) is 20.8. The smallest absolute Gasteiger partial charge is 0.430 e. The minimum atomic E-state index is -5.20. The molecule has 2 atom stereocenters. The molecule has 1 unspecified atom stereocenters. The van der Waals surface area contributed by atoms with Crippen molar-refractivity contribution in [1.82, 2.24) is 19.0 Å². The number of nitrogens with zero attached hydrogens (tertiary/aromatic N) is 4. The van der Waals surface area contributed by atoms with Crippen LogP contribution in [-0.2, 0) is 24.0 Å². The number of anilines is 1. The molecule has 8 rings (SSSR count). The first-order valence-corrected chi connectivity index (χ1v) is 17.1. The van der Waals surface area contributed by atoms with Crippen molar-refractivity contribution in [3.05, 3.63) is 65.7 Å². The summed E-state index contributed by atoms with van der Waals surface area (Å²) in [4.78, 5) is 33.1. The zero-order valence-electron chi connectivity index (χ0n) is 28.1. The van der Waals surface area contributed by atoms with Crippen molar-refractivity contribution in [2.75, 3.05) is 25.5 Å². The molecule has 5 aromatic rings. The molecule has 12 heteroatoms. The molecule has 2 amide bonds. The van der Waals surface area contributed by atoms with Crippen molar-refractivity contribution in [2.45, 2.75) is 57.3 Å². The number of carbonyl (C=O) groups excluding carboxylic acids is 2. The number of aryl methyl sites for hydroxylation is 1. The van der Waals surface area contributed by atoms with E-state index < -0.39 is 23.2 Å². The highest BCUT2D eigenvalue weighted by Crippen LogP contribution is 2.49. The van der Waals surface area contributed by atoms with E-state index in [1.165, 1.54) is 12.1 Å². The third kappa shape index (κ3) is 4.98. The quantitative estimate of drug-likeness (QED) is 0.188. The summed E-state index contributed by atoms with van der Waals surface area (Å²) < 4.78 is 52.2. The van der Waals surface area contributed by atoms with Crippen molar-refractivity contribution >= 4 is 39.4 Å². The maximum absolute atomic E-state index is 14.1. The van der Waals surface area contributed by atoms with Gasteiger partial charge in [-0.15, -0.1) is 0 Å². The fraction of sp³-hybridized carbons (Fsp3) is 0.395. The van der Waals surface area contributed by atoms with E-state index >= 15 is 0 Å². The van der Waals surface area contributed by atoms with E-state index in [9.17, 15) is 27.9 Å². The van der Waals surface area contributed by atoms with E-state index in [0.29, 0.717) is 52.2 Å². The van der Waals surface area contributed by atoms with Crippen LogP contribution in [0.25, 0.3) is 44.6 Å². The van der Waals surface area contributed by atoms with Gasteiger partial charge in [-0.25, -0.2) is 4.98 Å². The third-order valence-corrected chi connectivity index (χ3v) is 10.8. The first kappa shape index (κ1) is 32.4. The standard InChI is InChI=1S/C38H38F3N5O4/c1-4-21-7-6-14-45(19-21)35(47)25-16-29-33(31(18-25)50-3)44(2)34(42-29)30-17-24-8-5-9-26(32(24)46(30)20-22-10-11-22)23-12-13-28-27(15-23)37(49,36(48)43-28)38(39,40)41/h5,8-9,12-13,15-18,21-22,49H,4,6-7,10-11,14,19-20H2,1-3H3,(H,43,48)/t21-,37?/m1/s1. The van der Waals surface area contributed by atoms with E-state index in [1.54, 1.807) is 19.2 Å². The average molecular weight is 686 g/mol. The van der Waals surface area contributed by atoms with E-state index in [4.69, 9.17) is 9.72 Å². The number of aromatic nitrogens is 3. The van der Waals surface area contributed by atoms with E-state index in [0.717, 1.165) is 67.3 Å². The van der Waals surface area contributed by atoms with E-state index in [1.807, 2.05) is 46.8 Å². The number of rotatable bonds is 7. The molecule has 3 aliphatic rings. The molecule has 0 spiro atoms. The van der Waals surface area contributed by atoms with E-state index in [2.05, 4.69) is 16.8 Å². The van der Waals surface area contributed by atoms with Crippen LogP contribution in [0.3, 0.4) is 0 Å². The summed E-state index contributed by atoms with van der Waals surface area (Å²) in [6, 6.07) is 15.6. The molecule has 3 aromatic carbocycles. The highest BCUT2D eigenvalue weighted by atomic mass is 19.4. The summed E-state index contributed by atoms with van der Waals surface area (Å²) in [6.07, 6.45) is 0.0548. The SMILES string of the molecule is CC[C@@H]1CCCN(C(=O)c2cc(OC)c3c(c2)nc(-c2cc4cccc(-c5ccc6c(c5)C(O)(C(F)(F)F)C(=O)N6)c4n2CC2CC2)n3C)C1. The molecule has 50 heavy (non-hydrogen) atoms. The molecule has 1 saturated heterocycles. The number of alkyl halides is 3. The summed E-state index contributed by atoms with van der Waals surface area (Å²) in [5.41, 5.74) is 0.391. The summed E-state index contributed by atoms with van der Waals surface area (Å²) in [6.45, 7) is 4.29. The van der Waals surface area contributed by atoms with E-state index in [-0.39, 0.29) is 11.6 Å². The molecular formula is C38H38F3N5O4. The Balaban J connectivity index is 1.27. The Hall–Kier alpha value is -4.84. The number of nitrogens with one attached hydrogen (secondary N) is 1. The number of piperidine rings is 1. The van der Waals surface area contributed by atoms with Gasteiger partial charge in [-0.05, 0) is 73.4 Å². The van der Waals surface area contributed by atoms with Crippen LogP contribution >= 0.6 is 0 Å². The maximum atomic E-state index is 14.1. The van der Waals surface area contributed by atoms with Crippen LogP contribution < -0.4 is 10.1 Å². The van der Waals surface area contributed by atoms with Crippen LogP contribution in [0.1, 0.15) is 54.9 Å². The Bertz CT molecular complexity index is 2200. The molecule has 0 radical (unpaired) electrons. The number of hydrogen-bond donors (Lipinski definition) is 2. The predicted molar refractivity (Wildman–Crippen MR) is 184 cm³/mol. The van der Waals surface area contributed by atoms with Crippen LogP contribution in [0.2, 0.25) is 0 Å². The molecule has 2 N–H and O–H groups in total. The minimum Gasteiger partial charge on any atom is -0.494 e. The van der Waals surface area contributed by atoms with Gasteiger partial charge in [0.25, 0.3) is 17.4 Å². The van der Waals surface area contributed by atoms with Crippen molar-refractivity contribution in [2.24, 2.45) is 18.9 Å². The number of fused-ring (bicyclic) bond motifs is 3. The second kappa shape index (κ2) is 11.6. The number of carbonyl (C=O) groups is 2. The van der Waals surface area contributed by atoms with Crippen LogP contribution in [-0.4, -0.2) is 62.3 Å². The Morgan fingerprint density at radius 3 is 2.60 bits per heavy atom. The Labute approximate surface area is 286 Å². The lowest BCUT2D eigenvalue weighted by Gasteiger charge is -2.32. The van der Waals surface area contributed by atoms with Crippen LogP contribution in [0.5, 0.6) is 5.75 Å². The second-order valence-electron chi connectivity index (χ2n) is 14.0. The van der Waals surface area contributed by atoms with Gasteiger partial charge in [0, 0.05) is 54.4 Å². The molecule has 1 aliphatic carbocycles. The van der Waals surface area contributed by atoms with Gasteiger partial charge < -0.3 is 29.2 Å². The van der Waals surface area contributed by atoms with Gasteiger partial charge in [0.2, 0.25) is 0 Å². The Morgan fingerprint density at radius 1 is 1.08 bits per heavy atom. The van der Waals surface area contributed by atoms with Crippen LogP contribution in [0, 0.1) is 11.8 Å². The predicted octanol–water partition coefficient (Wildman–Crippen LogP) is 7.24. The number of halogens is 3. The third-order valence-electron chi connectivity index (χ3n) is 10.8. The molecule has 2 aromatic heterocycles. The molecule has 0 bridgehead atoms. The van der Waals surface area contributed by atoms with Gasteiger partial charge in [-0.2, -0.15) is 13.2 Å². The number of aliphatic hydroxyl groups is 1. The maximum Gasteiger partial charge on any atom is 0.430 e. The molecular weight excluding hydrogens is 647 g/mol. The summed E-state index contributed by atoms with van der Waals surface area (Å²) in [7, 11) is 3.49. The fourth-order valence-electron chi connectivity index (χ4n) is 7.81. The molecule has 2 aliphatic heterocycles. The van der Waals surface area contributed by atoms with Gasteiger partial charge in [-0.1, -0.05) is 37.6 Å². The topological polar surface area (TPSA) is 102 Å². The number of ether oxygens (including phenoxy) is 1. The summed E-state index contributed by atoms with van der Waals surface area (Å²) in [5, 5.41) is 13.7. The number of benzene rings is 3. The summed E-state index contributed by atoms with van der Waals surface area (Å²) in [5.74, 6) is 0.569. The number of amides is 2. The average Bonchev–Trinajstić information content (AvgIpc) is 3.69. The van der Waals surface area contributed by atoms with Crippen molar-refractivity contribution < 1.29 is 32.6 Å². The molecule has 1 saturated carbocycles. The van der Waals surface area contributed by atoms with Crippen molar-refractivity contribution in [3.8, 4) is 28.4 Å². The minimum absolute atomic E-state index is 0.0355. The largest absolute Gasteiger partial charge is 0.494 e. The number of imidazole rings is 1. The number of hydrogen-bond acceptors (Lipinski definition) is 5. The lowest BCUT2D eigenvalue weighted by Crippen LogP contribution is -2.47. The molecule has 4 heterocycles. The lowest BCUT2D eigenvalue weighted by molar-refractivity contribution is -0.252. The number of para-hydroxylation sites is 1. The zero-order valence-corrected chi connectivity index (χ0v) is 28.1. The Kier molecular flexibility index (Phi) is 7.52. The molecule has 260 valence electrons. The zero-order chi connectivity index (χ0) is 35.1. The first-order chi connectivity index (χ1) is 23.9. The van der Waals surface area contributed by atoms with Gasteiger partial charge in [0.15, 0.2) is 5.82 Å². The lowest BCUT2D eigenvalue weighted by atomic mass is 9.91. The van der Waals surface area contributed by atoms with Crippen LogP contribution in [0.4, 0.5) is 18.9 Å². The monoisotopic (exact) mass is 685 g/mol. The molecule has 2 fully saturated rings. The van der Waals surface area contributed by atoms with Gasteiger partial charge in [0.1, 0.15) is 11.3 Å². The first-order valence-electron chi connectivity index (χ1n) is 17.1. The summed E-state index contributed by atoms with van der Waals surface area (Å²) >= 11 is 0. The highest BCUT2D eigenvalue weighted by Gasteiger charge is 2.64. The Morgan fingerprint density at radius 2 is 1.88 bits per heavy atom. The van der Waals surface area contributed by atoms with Gasteiger partial charge in [0.05, 0.1) is 23.8 Å². The van der Waals surface area contributed by atoms with Crippen molar-refractivity contribution in [3.63, 3.8) is 0 Å². The molecule has 9 nitrogen and oxygen atoms in total. The van der Waals surface area contributed by atoms with Crippen LogP contribution in [0.15, 0.2) is 54.6 Å².